The molecule has 0 radical (unpaired) electrons. The van der Waals surface area contributed by atoms with E-state index in [1.165, 1.54) is 6.07 Å². The molecule has 13 heavy (non-hydrogen) atoms. The van der Waals surface area contributed by atoms with Crippen LogP contribution in [0.5, 0.6) is 0 Å². The summed E-state index contributed by atoms with van der Waals surface area (Å²) in [7, 11) is 0. The molecule has 0 amide bonds. The fourth-order valence-corrected chi connectivity index (χ4v) is 1.51. The Bertz CT molecular complexity index is 327. The van der Waals surface area contributed by atoms with Crippen molar-refractivity contribution in [3.8, 4) is 0 Å². The highest BCUT2D eigenvalue weighted by atomic mass is 19.1. The van der Waals surface area contributed by atoms with E-state index in [-0.39, 0.29) is 5.82 Å². The minimum Gasteiger partial charge on any atom is -0.239 e. The summed E-state index contributed by atoms with van der Waals surface area (Å²) in [6, 6.07) is 4.73. The van der Waals surface area contributed by atoms with Crippen molar-refractivity contribution in [1.29, 1.82) is 0 Å². The minimum absolute atomic E-state index is 0.274. The van der Waals surface area contributed by atoms with Crippen molar-refractivity contribution in [2.45, 2.75) is 31.9 Å². The predicted octanol–water partition coefficient (Wildman–Crippen LogP) is 3.35. The smallest absolute Gasteiger partial charge is 0.136 e. The molecule has 1 aromatic carbocycles. The Morgan fingerprint density at radius 2 is 2.08 bits per heavy atom. The third kappa shape index (κ3) is 1.45. The molecular weight excluding hydrogens is 170 g/mol. The molecule has 2 heteroatoms. The molecule has 0 saturated heterocycles. The van der Waals surface area contributed by atoms with Crippen LogP contribution in [0.15, 0.2) is 18.2 Å². The number of halogens is 2. The third-order valence-corrected chi connectivity index (χ3v) is 2.64. The summed E-state index contributed by atoms with van der Waals surface area (Å²) < 4.78 is 26.7. The fraction of sp³-hybridized carbons (Fsp3) is 0.455. The number of rotatable bonds is 2. The Morgan fingerprint density at radius 1 is 1.38 bits per heavy atom. The van der Waals surface area contributed by atoms with Crippen molar-refractivity contribution in [3.63, 3.8) is 0 Å². The van der Waals surface area contributed by atoms with Crippen molar-refractivity contribution >= 4 is 0 Å². The summed E-state index contributed by atoms with van der Waals surface area (Å²) in [5, 5.41) is 0. The molecule has 1 saturated carbocycles. The molecular formula is C11H12F2. The number of hydrogen-bond acceptors (Lipinski definition) is 0. The molecule has 1 aliphatic rings. The molecule has 1 aromatic rings. The zero-order valence-corrected chi connectivity index (χ0v) is 7.61. The zero-order chi connectivity index (χ0) is 9.47. The summed E-state index contributed by atoms with van der Waals surface area (Å²) in [5.74, 6) is -0.274. The van der Waals surface area contributed by atoms with E-state index in [0.29, 0.717) is 30.4 Å². The highest BCUT2D eigenvalue weighted by Crippen LogP contribution is 2.49. The van der Waals surface area contributed by atoms with Gasteiger partial charge in [-0.15, -0.1) is 0 Å². The van der Waals surface area contributed by atoms with Gasteiger partial charge in [0.2, 0.25) is 0 Å². The molecule has 0 unspecified atom stereocenters. The second kappa shape index (κ2) is 2.79. The molecule has 70 valence electrons. The van der Waals surface area contributed by atoms with Crippen LogP contribution in [0.1, 0.15) is 30.9 Å². The van der Waals surface area contributed by atoms with Crippen molar-refractivity contribution in [3.05, 3.63) is 35.1 Å². The molecule has 2 rings (SSSR count). The van der Waals surface area contributed by atoms with Crippen LogP contribution in [0.3, 0.4) is 0 Å². The molecule has 0 aromatic heterocycles. The molecule has 0 spiro atoms. The Balaban J connectivity index is 2.36. The average molecular weight is 182 g/mol. The molecule has 1 fully saturated rings. The van der Waals surface area contributed by atoms with Gasteiger partial charge in [0, 0.05) is 0 Å². The molecule has 1 aliphatic carbocycles. The quantitative estimate of drug-likeness (QED) is 0.658. The molecule has 0 heterocycles. The van der Waals surface area contributed by atoms with Crippen LogP contribution in [0.4, 0.5) is 8.78 Å². The first kappa shape index (κ1) is 8.67. The van der Waals surface area contributed by atoms with Gasteiger partial charge in [-0.3, -0.25) is 0 Å². The van der Waals surface area contributed by atoms with Gasteiger partial charge in [-0.25, -0.2) is 8.78 Å². The second-order valence-electron chi connectivity index (χ2n) is 3.63. The Hall–Kier alpha value is -0.920. The first-order chi connectivity index (χ1) is 6.15. The Labute approximate surface area is 76.6 Å². The SMILES string of the molecule is CCc1ccc(C2(F)CC2)cc1F. The second-order valence-corrected chi connectivity index (χ2v) is 3.63. The normalized spacial score (nSPS) is 18.7. The zero-order valence-electron chi connectivity index (χ0n) is 7.61. The number of benzene rings is 1. The highest BCUT2D eigenvalue weighted by molar-refractivity contribution is 5.31. The van der Waals surface area contributed by atoms with E-state index in [4.69, 9.17) is 0 Å². The standard InChI is InChI=1S/C11H12F2/c1-2-8-3-4-9(7-10(8)12)11(13)5-6-11/h3-4,7H,2,5-6H2,1H3. The van der Waals surface area contributed by atoms with Crippen LogP contribution in [0.25, 0.3) is 0 Å². The van der Waals surface area contributed by atoms with Gasteiger partial charge in [0.05, 0.1) is 0 Å². The van der Waals surface area contributed by atoms with Gasteiger partial charge in [0.15, 0.2) is 0 Å². The summed E-state index contributed by atoms with van der Waals surface area (Å²) in [6.07, 6.45) is 1.74. The first-order valence-electron chi connectivity index (χ1n) is 4.63. The van der Waals surface area contributed by atoms with Crippen molar-refractivity contribution in [1.82, 2.24) is 0 Å². The largest absolute Gasteiger partial charge is 0.239 e. The van der Waals surface area contributed by atoms with E-state index < -0.39 is 5.67 Å². The predicted molar refractivity (Wildman–Crippen MR) is 47.8 cm³/mol. The van der Waals surface area contributed by atoms with Crippen LogP contribution >= 0.6 is 0 Å². The van der Waals surface area contributed by atoms with E-state index in [1.54, 1.807) is 12.1 Å². The topological polar surface area (TPSA) is 0 Å². The number of alkyl halides is 1. The summed E-state index contributed by atoms with van der Waals surface area (Å²) in [5.41, 5.74) is -0.0529. The van der Waals surface area contributed by atoms with E-state index in [1.807, 2.05) is 6.92 Å². The summed E-state index contributed by atoms with van der Waals surface area (Å²) in [4.78, 5) is 0. The molecule has 0 bridgehead atoms. The van der Waals surface area contributed by atoms with Crippen molar-refractivity contribution in [2.24, 2.45) is 0 Å². The maximum absolute atomic E-state index is 13.5. The van der Waals surface area contributed by atoms with Gasteiger partial charge in [-0.1, -0.05) is 19.1 Å². The highest BCUT2D eigenvalue weighted by Gasteiger charge is 2.45. The monoisotopic (exact) mass is 182 g/mol. The van der Waals surface area contributed by atoms with E-state index in [9.17, 15) is 8.78 Å². The van der Waals surface area contributed by atoms with Gasteiger partial charge < -0.3 is 0 Å². The van der Waals surface area contributed by atoms with Crippen LogP contribution in [0, 0.1) is 5.82 Å². The number of hydrogen-bond donors (Lipinski definition) is 0. The third-order valence-electron chi connectivity index (χ3n) is 2.64. The molecule has 0 N–H and O–H groups in total. The fourth-order valence-electron chi connectivity index (χ4n) is 1.51. The summed E-state index contributed by atoms with van der Waals surface area (Å²) >= 11 is 0. The van der Waals surface area contributed by atoms with Gasteiger partial charge in [-0.05, 0) is 36.5 Å². The van der Waals surface area contributed by atoms with Gasteiger partial charge in [0.25, 0.3) is 0 Å². The van der Waals surface area contributed by atoms with Gasteiger partial charge in [-0.2, -0.15) is 0 Å². The first-order valence-corrected chi connectivity index (χ1v) is 4.63. The van der Waals surface area contributed by atoms with Crippen LogP contribution in [-0.2, 0) is 12.1 Å². The van der Waals surface area contributed by atoms with Crippen LogP contribution in [0.2, 0.25) is 0 Å². The average Bonchev–Trinajstić information content (AvgIpc) is 2.85. The van der Waals surface area contributed by atoms with E-state index in [0.717, 1.165) is 0 Å². The Morgan fingerprint density at radius 3 is 2.54 bits per heavy atom. The van der Waals surface area contributed by atoms with Crippen LogP contribution < -0.4 is 0 Å². The van der Waals surface area contributed by atoms with Gasteiger partial charge in [0.1, 0.15) is 11.5 Å². The summed E-state index contributed by atoms with van der Waals surface area (Å²) in [6.45, 7) is 1.89. The van der Waals surface area contributed by atoms with E-state index >= 15 is 0 Å². The molecule has 0 aliphatic heterocycles. The maximum Gasteiger partial charge on any atom is 0.136 e. The lowest BCUT2D eigenvalue weighted by atomic mass is 10.0. The van der Waals surface area contributed by atoms with Crippen LogP contribution in [-0.4, -0.2) is 0 Å². The minimum atomic E-state index is -1.22. The van der Waals surface area contributed by atoms with Gasteiger partial charge >= 0.3 is 0 Å². The van der Waals surface area contributed by atoms with Crippen molar-refractivity contribution in [2.75, 3.05) is 0 Å². The lowest BCUT2D eigenvalue weighted by Crippen LogP contribution is -1.99. The maximum atomic E-state index is 13.5. The number of aryl methyl sites for hydroxylation is 1. The van der Waals surface area contributed by atoms with Crippen molar-refractivity contribution < 1.29 is 8.78 Å². The molecule has 0 atom stereocenters. The Kier molecular flexibility index (Phi) is 1.86. The molecule has 0 nitrogen and oxygen atoms in total. The lowest BCUT2D eigenvalue weighted by Gasteiger charge is -2.07. The lowest BCUT2D eigenvalue weighted by molar-refractivity contribution is 0.316. The van der Waals surface area contributed by atoms with E-state index in [2.05, 4.69) is 0 Å².